The van der Waals surface area contributed by atoms with Crippen LogP contribution in [0.5, 0.6) is 0 Å². The van der Waals surface area contributed by atoms with E-state index in [-0.39, 0.29) is 18.3 Å². The van der Waals surface area contributed by atoms with Gasteiger partial charge in [0.05, 0.1) is 12.5 Å². The molecule has 0 radical (unpaired) electrons. The van der Waals surface area contributed by atoms with E-state index < -0.39 is 0 Å². The summed E-state index contributed by atoms with van der Waals surface area (Å²) >= 11 is 0. The van der Waals surface area contributed by atoms with E-state index in [1.165, 1.54) is 12.1 Å². The molecule has 1 atom stereocenters. The SMILES string of the molecule is CCc1ccc(F)cc1[C@H](N)CC#N. The highest BCUT2D eigenvalue weighted by molar-refractivity contribution is 5.31. The smallest absolute Gasteiger partial charge is 0.123 e. The Bertz CT molecular complexity index is 355. The van der Waals surface area contributed by atoms with Crippen LogP contribution in [0.25, 0.3) is 0 Å². The first-order valence-electron chi connectivity index (χ1n) is 4.60. The Morgan fingerprint density at radius 2 is 2.29 bits per heavy atom. The fraction of sp³-hybridized carbons (Fsp3) is 0.364. The average molecular weight is 192 g/mol. The average Bonchev–Trinajstić information content (AvgIpc) is 2.18. The molecule has 0 saturated heterocycles. The number of nitriles is 1. The van der Waals surface area contributed by atoms with Gasteiger partial charge in [0.15, 0.2) is 0 Å². The van der Waals surface area contributed by atoms with Gasteiger partial charge in [0.25, 0.3) is 0 Å². The van der Waals surface area contributed by atoms with Gasteiger partial charge < -0.3 is 5.73 Å². The van der Waals surface area contributed by atoms with E-state index in [1.807, 2.05) is 13.0 Å². The van der Waals surface area contributed by atoms with Gasteiger partial charge in [-0.3, -0.25) is 0 Å². The van der Waals surface area contributed by atoms with Crippen LogP contribution < -0.4 is 5.73 Å². The van der Waals surface area contributed by atoms with Crippen LogP contribution in [-0.4, -0.2) is 0 Å². The van der Waals surface area contributed by atoms with Gasteiger partial charge in [-0.25, -0.2) is 4.39 Å². The molecule has 0 spiro atoms. The highest BCUT2D eigenvalue weighted by Gasteiger charge is 2.10. The normalized spacial score (nSPS) is 12.1. The third-order valence-electron chi connectivity index (χ3n) is 2.20. The zero-order chi connectivity index (χ0) is 10.6. The molecular weight excluding hydrogens is 179 g/mol. The van der Waals surface area contributed by atoms with Crippen molar-refractivity contribution in [3.8, 4) is 6.07 Å². The summed E-state index contributed by atoms with van der Waals surface area (Å²) in [5.41, 5.74) is 7.51. The number of halogens is 1. The Kier molecular flexibility index (Phi) is 3.61. The Balaban J connectivity index is 3.04. The van der Waals surface area contributed by atoms with Crippen LogP contribution in [0, 0.1) is 17.1 Å². The molecule has 0 heterocycles. The second-order valence-electron chi connectivity index (χ2n) is 3.17. The lowest BCUT2D eigenvalue weighted by molar-refractivity contribution is 0.618. The summed E-state index contributed by atoms with van der Waals surface area (Å²) in [7, 11) is 0. The summed E-state index contributed by atoms with van der Waals surface area (Å²) in [6.07, 6.45) is 1.02. The van der Waals surface area contributed by atoms with Crippen LogP contribution in [0.3, 0.4) is 0 Å². The van der Waals surface area contributed by atoms with Crippen LogP contribution in [0.1, 0.15) is 30.5 Å². The summed E-state index contributed by atoms with van der Waals surface area (Å²) in [6, 6.07) is 6.17. The molecule has 2 nitrogen and oxygen atoms in total. The largest absolute Gasteiger partial charge is 0.323 e. The van der Waals surface area contributed by atoms with E-state index in [0.29, 0.717) is 0 Å². The van der Waals surface area contributed by atoms with Crippen molar-refractivity contribution in [2.45, 2.75) is 25.8 Å². The number of nitrogens with zero attached hydrogens (tertiary/aromatic N) is 1. The van der Waals surface area contributed by atoms with Gasteiger partial charge in [0.1, 0.15) is 5.82 Å². The van der Waals surface area contributed by atoms with Gasteiger partial charge in [0.2, 0.25) is 0 Å². The molecule has 0 aliphatic carbocycles. The predicted molar refractivity (Wildman–Crippen MR) is 52.9 cm³/mol. The van der Waals surface area contributed by atoms with Crippen molar-refractivity contribution in [2.24, 2.45) is 5.73 Å². The molecule has 1 aromatic rings. The predicted octanol–water partition coefficient (Wildman–Crippen LogP) is 2.30. The van der Waals surface area contributed by atoms with Crippen LogP contribution in [0.15, 0.2) is 18.2 Å². The molecule has 0 aromatic heterocycles. The maximum absolute atomic E-state index is 12.9. The van der Waals surface area contributed by atoms with E-state index in [1.54, 1.807) is 6.07 Å². The first-order valence-corrected chi connectivity index (χ1v) is 4.60. The lowest BCUT2D eigenvalue weighted by Gasteiger charge is -2.12. The Morgan fingerprint density at radius 1 is 1.57 bits per heavy atom. The minimum atomic E-state index is -0.384. The Morgan fingerprint density at radius 3 is 2.86 bits per heavy atom. The molecule has 0 aliphatic rings. The standard InChI is InChI=1S/C11H13FN2/c1-2-8-3-4-9(12)7-10(8)11(14)5-6-13/h3-4,7,11H,2,5,14H2,1H3/t11-/m1/s1. The highest BCUT2D eigenvalue weighted by Crippen LogP contribution is 2.20. The molecule has 1 rings (SSSR count). The monoisotopic (exact) mass is 192 g/mol. The van der Waals surface area contributed by atoms with E-state index in [2.05, 4.69) is 0 Å². The molecule has 0 fully saturated rings. The van der Waals surface area contributed by atoms with Gasteiger partial charge in [0, 0.05) is 6.04 Å². The van der Waals surface area contributed by atoms with Crippen molar-refractivity contribution in [2.75, 3.05) is 0 Å². The van der Waals surface area contributed by atoms with Gasteiger partial charge >= 0.3 is 0 Å². The van der Waals surface area contributed by atoms with Crippen molar-refractivity contribution in [1.82, 2.24) is 0 Å². The zero-order valence-electron chi connectivity index (χ0n) is 8.13. The third kappa shape index (κ3) is 2.30. The number of hydrogen-bond acceptors (Lipinski definition) is 2. The maximum Gasteiger partial charge on any atom is 0.123 e. The first-order chi connectivity index (χ1) is 6.69. The van der Waals surface area contributed by atoms with Gasteiger partial charge in [-0.1, -0.05) is 13.0 Å². The van der Waals surface area contributed by atoms with Gasteiger partial charge in [-0.2, -0.15) is 5.26 Å². The molecule has 14 heavy (non-hydrogen) atoms. The lowest BCUT2D eigenvalue weighted by Crippen LogP contribution is -2.12. The minimum Gasteiger partial charge on any atom is -0.323 e. The van der Waals surface area contributed by atoms with Crippen LogP contribution >= 0.6 is 0 Å². The Hall–Kier alpha value is -1.40. The van der Waals surface area contributed by atoms with Crippen molar-refractivity contribution in [3.05, 3.63) is 35.1 Å². The number of hydrogen-bond donors (Lipinski definition) is 1. The number of benzene rings is 1. The summed E-state index contributed by atoms with van der Waals surface area (Å²) < 4.78 is 12.9. The first kappa shape index (κ1) is 10.7. The molecule has 0 unspecified atom stereocenters. The second-order valence-corrected chi connectivity index (χ2v) is 3.17. The van der Waals surface area contributed by atoms with Crippen molar-refractivity contribution < 1.29 is 4.39 Å². The fourth-order valence-corrected chi connectivity index (χ4v) is 1.44. The topological polar surface area (TPSA) is 49.8 Å². The molecule has 0 amide bonds. The van der Waals surface area contributed by atoms with Crippen molar-refractivity contribution >= 4 is 0 Å². The Labute approximate surface area is 83.2 Å². The molecule has 2 N–H and O–H groups in total. The number of nitrogens with two attached hydrogens (primary N) is 1. The summed E-state index contributed by atoms with van der Waals surface area (Å²) in [4.78, 5) is 0. The van der Waals surface area contributed by atoms with E-state index in [4.69, 9.17) is 11.0 Å². The van der Waals surface area contributed by atoms with Crippen molar-refractivity contribution in [3.63, 3.8) is 0 Å². The van der Waals surface area contributed by atoms with Crippen LogP contribution in [0.2, 0.25) is 0 Å². The van der Waals surface area contributed by atoms with Crippen LogP contribution in [-0.2, 0) is 6.42 Å². The lowest BCUT2D eigenvalue weighted by atomic mass is 9.97. The molecule has 1 aromatic carbocycles. The molecule has 0 aliphatic heterocycles. The van der Waals surface area contributed by atoms with E-state index >= 15 is 0 Å². The minimum absolute atomic E-state index is 0.219. The summed E-state index contributed by atoms with van der Waals surface area (Å²) in [5, 5.41) is 8.51. The molecule has 0 bridgehead atoms. The molecular formula is C11H13FN2. The zero-order valence-corrected chi connectivity index (χ0v) is 8.13. The second kappa shape index (κ2) is 4.73. The fourth-order valence-electron chi connectivity index (χ4n) is 1.44. The maximum atomic E-state index is 12.9. The molecule has 0 saturated carbocycles. The van der Waals surface area contributed by atoms with Crippen molar-refractivity contribution in [1.29, 1.82) is 5.26 Å². The van der Waals surface area contributed by atoms with Crippen LogP contribution in [0.4, 0.5) is 4.39 Å². The highest BCUT2D eigenvalue weighted by atomic mass is 19.1. The number of aryl methyl sites for hydroxylation is 1. The van der Waals surface area contributed by atoms with Gasteiger partial charge in [-0.05, 0) is 29.7 Å². The quantitative estimate of drug-likeness (QED) is 0.798. The third-order valence-corrected chi connectivity index (χ3v) is 2.20. The van der Waals surface area contributed by atoms with E-state index in [9.17, 15) is 4.39 Å². The molecule has 74 valence electrons. The number of rotatable bonds is 3. The molecule has 3 heteroatoms. The summed E-state index contributed by atoms with van der Waals surface area (Å²) in [6.45, 7) is 1.98. The summed E-state index contributed by atoms with van der Waals surface area (Å²) in [5.74, 6) is -0.300. The van der Waals surface area contributed by atoms with E-state index in [0.717, 1.165) is 17.5 Å². The van der Waals surface area contributed by atoms with Gasteiger partial charge in [-0.15, -0.1) is 0 Å².